The van der Waals surface area contributed by atoms with Crippen molar-refractivity contribution in [3.05, 3.63) is 24.6 Å². The summed E-state index contributed by atoms with van der Waals surface area (Å²) in [6.45, 7) is 12.5. The molecule has 0 spiro atoms. The van der Waals surface area contributed by atoms with E-state index in [1.54, 1.807) is 0 Å². The molecule has 0 saturated heterocycles. The molecule has 0 aliphatic rings. The van der Waals surface area contributed by atoms with Crippen molar-refractivity contribution in [2.45, 2.75) is 39.1 Å². The summed E-state index contributed by atoms with van der Waals surface area (Å²) in [5, 5.41) is 0. The molecule has 1 nitrogen and oxygen atoms in total. The molecule has 0 radical (unpaired) electrons. The van der Waals surface area contributed by atoms with E-state index < -0.39 is 8.07 Å². The Morgan fingerprint density at radius 1 is 1.42 bits per heavy atom. The molecule has 0 aliphatic carbocycles. The molecule has 0 amide bonds. The highest BCUT2D eigenvalue weighted by Crippen LogP contribution is 2.05. The summed E-state index contributed by atoms with van der Waals surface area (Å²) in [6, 6.07) is 0. The summed E-state index contributed by atoms with van der Waals surface area (Å²) in [5.41, 5.74) is 2.34. The SMILES string of the molecule is C=COC(C)C/C=C\[Si](C)(C)C. The Labute approximate surface area is 77.1 Å². The van der Waals surface area contributed by atoms with Crippen LogP contribution in [0.15, 0.2) is 24.6 Å². The molecule has 2 heteroatoms. The van der Waals surface area contributed by atoms with Crippen LogP contribution in [0, 0.1) is 0 Å². The van der Waals surface area contributed by atoms with Gasteiger partial charge in [0, 0.05) is 6.42 Å². The minimum absolute atomic E-state index is 0.259. The summed E-state index contributed by atoms with van der Waals surface area (Å²) in [6.07, 6.45) is 4.97. The molecule has 0 N–H and O–H groups in total. The predicted octanol–water partition coefficient (Wildman–Crippen LogP) is 3.36. The van der Waals surface area contributed by atoms with Gasteiger partial charge in [0.05, 0.1) is 20.4 Å². The van der Waals surface area contributed by atoms with E-state index in [2.05, 4.69) is 44.9 Å². The number of hydrogen-bond acceptors (Lipinski definition) is 1. The predicted molar refractivity (Wildman–Crippen MR) is 57.8 cm³/mol. The van der Waals surface area contributed by atoms with Gasteiger partial charge in [0.2, 0.25) is 0 Å². The molecule has 0 aromatic heterocycles. The molecule has 1 atom stereocenters. The Morgan fingerprint density at radius 2 is 2.00 bits per heavy atom. The minimum Gasteiger partial charge on any atom is -0.499 e. The standard InChI is InChI=1S/C10H20OSi/c1-6-11-10(2)8-7-9-12(3,4)5/h6-7,9-10H,1,8H2,2-5H3/b9-7-. The first-order valence-electron chi connectivity index (χ1n) is 4.40. The van der Waals surface area contributed by atoms with Gasteiger partial charge in [0.25, 0.3) is 0 Å². The second-order valence-electron chi connectivity index (χ2n) is 4.12. The first kappa shape index (κ1) is 11.5. The van der Waals surface area contributed by atoms with Crippen molar-refractivity contribution >= 4 is 8.07 Å². The summed E-state index contributed by atoms with van der Waals surface area (Å²) >= 11 is 0. The fourth-order valence-electron chi connectivity index (χ4n) is 0.833. The van der Waals surface area contributed by atoms with Crippen molar-refractivity contribution < 1.29 is 4.74 Å². The highest BCUT2D eigenvalue weighted by molar-refractivity contribution is 6.80. The third-order valence-corrected chi connectivity index (χ3v) is 2.65. The Hall–Kier alpha value is -0.503. The molecule has 0 bridgehead atoms. The van der Waals surface area contributed by atoms with Crippen molar-refractivity contribution in [2.75, 3.05) is 0 Å². The van der Waals surface area contributed by atoms with Crippen LogP contribution in [0.5, 0.6) is 0 Å². The highest BCUT2D eigenvalue weighted by Gasteiger charge is 2.06. The summed E-state index contributed by atoms with van der Waals surface area (Å²) in [7, 11) is -1.01. The lowest BCUT2D eigenvalue weighted by Crippen LogP contribution is -2.15. The Kier molecular flexibility index (Phi) is 4.98. The first-order chi connectivity index (χ1) is 5.45. The van der Waals surface area contributed by atoms with Crippen LogP contribution in [-0.4, -0.2) is 14.2 Å². The Balaban J connectivity index is 3.67. The largest absolute Gasteiger partial charge is 0.499 e. The zero-order valence-corrected chi connectivity index (χ0v) is 9.63. The van der Waals surface area contributed by atoms with E-state index in [0.29, 0.717) is 0 Å². The molecule has 1 unspecified atom stereocenters. The first-order valence-corrected chi connectivity index (χ1v) is 7.97. The molecule has 0 fully saturated rings. The van der Waals surface area contributed by atoms with Gasteiger partial charge in [-0.2, -0.15) is 0 Å². The molecular formula is C10H20OSi. The lowest BCUT2D eigenvalue weighted by molar-refractivity contribution is 0.165. The van der Waals surface area contributed by atoms with Gasteiger partial charge in [-0.15, -0.1) is 0 Å². The number of ether oxygens (including phenoxy) is 1. The van der Waals surface area contributed by atoms with Crippen LogP contribution in [0.3, 0.4) is 0 Å². The van der Waals surface area contributed by atoms with Gasteiger partial charge < -0.3 is 4.74 Å². The normalized spacial score (nSPS) is 14.7. The molecule has 0 saturated carbocycles. The van der Waals surface area contributed by atoms with E-state index in [9.17, 15) is 0 Å². The van der Waals surface area contributed by atoms with Gasteiger partial charge in [-0.3, -0.25) is 0 Å². The maximum Gasteiger partial charge on any atom is 0.0984 e. The van der Waals surface area contributed by atoms with E-state index in [1.807, 2.05) is 0 Å². The van der Waals surface area contributed by atoms with Crippen LogP contribution in [-0.2, 0) is 4.74 Å². The second kappa shape index (κ2) is 5.20. The minimum atomic E-state index is -1.01. The highest BCUT2D eigenvalue weighted by atomic mass is 28.3. The summed E-state index contributed by atoms with van der Waals surface area (Å²) in [5.74, 6) is 0. The van der Waals surface area contributed by atoms with Gasteiger partial charge in [-0.1, -0.05) is 38.0 Å². The van der Waals surface area contributed by atoms with Crippen molar-refractivity contribution in [2.24, 2.45) is 0 Å². The molecule has 12 heavy (non-hydrogen) atoms. The van der Waals surface area contributed by atoms with Crippen LogP contribution in [0.4, 0.5) is 0 Å². The van der Waals surface area contributed by atoms with Crippen molar-refractivity contribution in [1.29, 1.82) is 0 Å². The third-order valence-electron chi connectivity index (χ3n) is 1.41. The van der Waals surface area contributed by atoms with E-state index >= 15 is 0 Å². The fourth-order valence-corrected chi connectivity index (χ4v) is 1.68. The second-order valence-corrected chi connectivity index (χ2v) is 9.18. The third kappa shape index (κ3) is 7.60. The maximum atomic E-state index is 5.18. The molecule has 0 heterocycles. The number of rotatable bonds is 5. The maximum absolute atomic E-state index is 5.18. The van der Waals surface area contributed by atoms with Gasteiger partial charge in [0.15, 0.2) is 0 Å². The van der Waals surface area contributed by atoms with E-state index in [0.717, 1.165) is 6.42 Å². The monoisotopic (exact) mass is 184 g/mol. The average molecular weight is 184 g/mol. The van der Waals surface area contributed by atoms with Gasteiger partial charge in [-0.25, -0.2) is 0 Å². The van der Waals surface area contributed by atoms with Gasteiger partial charge in [-0.05, 0) is 6.92 Å². The smallest absolute Gasteiger partial charge is 0.0984 e. The quantitative estimate of drug-likeness (QED) is 0.470. The Bertz CT molecular complexity index is 156. The zero-order chi connectivity index (χ0) is 9.61. The van der Waals surface area contributed by atoms with Gasteiger partial charge in [0.1, 0.15) is 0 Å². The topological polar surface area (TPSA) is 9.23 Å². The molecule has 0 rings (SSSR count). The van der Waals surface area contributed by atoms with Crippen LogP contribution in [0.1, 0.15) is 13.3 Å². The lowest BCUT2D eigenvalue weighted by Gasteiger charge is -2.10. The molecule has 0 aromatic carbocycles. The molecule has 0 aliphatic heterocycles. The van der Waals surface area contributed by atoms with E-state index in [-0.39, 0.29) is 6.10 Å². The summed E-state index contributed by atoms with van der Waals surface area (Å²) in [4.78, 5) is 0. The van der Waals surface area contributed by atoms with Crippen LogP contribution >= 0.6 is 0 Å². The molecule has 70 valence electrons. The van der Waals surface area contributed by atoms with E-state index in [1.165, 1.54) is 6.26 Å². The molecular weight excluding hydrogens is 164 g/mol. The molecule has 0 aromatic rings. The zero-order valence-electron chi connectivity index (χ0n) is 8.63. The average Bonchev–Trinajstić information content (AvgIpc) is 1.84. The fraction of sp³-hybridized carbons (Fsp3) is 0.600. The van der Waals surface area contributed by atoms with Crippen molar-refractivity contribution in [3.63, 3.8) is 0 Å². The van der Waals surface area contributed by atoms with Crippen molar-refractivity contribution in [3.8, 4) is 0 Å². The number of hydrogen-bond donors (Lipinski definition) is 0. The lowest BCUT2D eigenvalue weighted by atomic mass is 10.3. The van der Waals surface area contributed by atoms with Crippen LogP contribution < -0.4 is 0 Å². The van der Waals surface area contributed by atoms with Crippen LogP contribution in [0.2, 0.25) is 19.6 Å². The van der Waals surface area contributed by atoms with Crippen molar-refractivity contribution in [1.82, 2.24) is 0 Å². The van der Waals surface area contributed by atoms with Gasteiger partial charge >= 0.3 is 0 Å². The summed E-state index contributed by atoms with van der Waals surface area (Å²) < 4.78 is 5.18. The Morgan fingerprint density at radius 3 is 2.42 bits per heavy atom. The van der Waals surface area contributed by atoms with E-state index in [4.69, 9.17) is 4.74 Å². The van der Waals surface area contributed by atoms with Crippen LogP contribution in [0.25, 0.3) is 0 Å².